The Morgan fingerprint density at radius 3 is 2.81 bits per heavy atom. The highest BCUT2D eigenvalue weighted by Crippen LogP contribution is 2.32. The van der Waals surface area contributed by atoms with Gasteiger partial charge < -0.3 is 15.4 Å². The predicted molar refractivity (Wildman–Crippen MR) is 60.3 cm³/mol. The molecule has 1 aliphatic rings. The number of pyridine rings is 1. The number of carbonyl (C=O) groups excluding carboxylic acids is 1. The molecule has 0 radical (unpaired) electrons. The lowest BCUT2D eigenvalue weighted by molar-refractivity contribution is 0.0823. The Bertz CT molecular complexity index is 414. The third-order valence-electron chi connectivity index (χ3n) is 2.38. The highest BCUT2D eigenvalue weighted by molar-refractivity contribution is 5.97. The summed E-state index contributed by atoms with van der Waals surface area (Å²) in [6.45, 7) is 0. The molecule has 1 fully saturated rings. The summed E-state index contributed by atoms with van der Waals surface area (Å²) in [4.78, 5) is 17.3. The predicted octanol–water partition coefficient (Wildman–Crippen LogP) is 0.907. The zero-order valence-corrected chi connectivity index (χ0v) is 9.43. The Balaban J connectivity index is 2.34. The second-order valence-corrected chi connectivity index (χ2v) is 4.09. The summed E-state index contributed by atoms with van der Waals surface area (Å²) in [6, 6.07) is 1.64. The van der Waals surface area contributed by atoms with E-state index in [0.717, 1.165) is 12.8 Å². The van der Waals surface area contributed by atoms with Crippen LogP contribution in [0.2, 0.25) is 0 Å². The van der Waals surface area contributed by atoms with E-state index in [1.165, 1.54) is 11.1 Å². The van der Waals surface area contributed by atoms with Gasteiger partial charge in [-0.15, -0.1) is 0 Å². The van der Waals surface area contributed by atoms with Crippen LogP contribution in [0, 0.1) is 0 Å². The molecule has 0 unspecified atom stereocenters. The minimum atomic E-state index is -0.121. The van der Waals surface area contributed by atoms with Gasteiger partial charge >= 0.3 is 0 Å². The molecule has 1 saturated carbocycles. The van der Waals surface area contributed by atoms with Gasteiger partial charge in [0.25, 0.3) is 5.91 Å². The summed E-state index contributed by atoms with van der Waals surface area (Å²) in [6.07, 6.45) is 3.75. The van der Waals surface area contributed by atoms with E-state index >= 15 is 0 Å². The Kier molecular flexibility index (Phi) is 2.68. The number of nitrogens with zero attached hydrogens (tertiary/aromatic N) is 2. The fourth-order valence-corrected chi connectivity index (χ4v) is 1.35. The van der Waals surface area contributed by atoms with Crippen LogP contribution in [-0.2, 0) is 0 Å². The van der Waals surface area contributed by atoms with Gasteiger partial charge in [-0.25, -0.2) is 4.98 Å². The van der Waals surface area contributed by atoms with Crippen LogP contribution in [-0.4, -0.2) is 36.0 Å². The number of carbonyl (C=O) groups is 1. The van der Waals surface area contributed by atoms with Crippen molar-refractivity contribution in [3.63, 3.8) is 0 Å². The quantitative estimate of drug-likeness (QED) is 0.823. The van der Waals surface area contributed by atoms with Crippen molar-refractivity contribution in [1.29, 1.82) is 0 Å². The molecule has 0 aliphatic heterocycles. The maximum absolute atomic E-state index is 11.9. The summed E-state index contributed by atoms with van der Waals surface area (Å²) in [5.41, 5.74) is 6.20. The van der Waals surface area contributed by atoms with Crippen LogP contribution in [0.4, 0.5) is 5.82 Å². The molecule has 0 bridgehead atoms. The van der Waals surface area contributed by atoms with E-state index in [4.69, 9.17) is 10.5 Å². The number of ether oxygens (including phenoxy) is 1. The van der Waals surface area contributed by atoms with Crippen molar-refractivity contribution in [3.05, 3.63) is 17.8 Å². The van der Waals surface area contributed by atoms with E-state index in [1.54, 1.807) is 20.2 Å². The average molecular weight is 221 g/mol. The molecule has 1 aromatic heterocycles. The molecule has 2 N–H and O–H groups in total. The van der Waals surface area contributed by atoms with Crippen molar-refractivity contribution < 1.29 is 9.53 Å². The summed E-state index contributed by atoms with van der Waals surface area (Å²) >= 11 is 0. The van der Waals surface area contributed by atoms with Gasteiger partial charge in [-0.2, -0.15) is 0 Å². The van der Waals surface area contributed by atoms with Gasteiger partial charge in [0.05, 0.1) is 11.7 Å². The van der Waals surface area contributed by atoms with Crippen molar-refractivity contribution in [2.75, 3.05) is 19.8 Å². The molecule has 0 saturated heterocycles. The number of nitrogen functional groups attached to an aromatic ring is 1. The maximum atomic E-state index is 11.9. The standard InChI is InChI=1S/C11H15N3O2/c1-14(2)11(15)8-5-6-13-10(12)9(8)16-7-3-4-7/h5-7H,3-4H2,1-2H3,(H2,12,13). The average Bonchev–Trinajstić information content (AvgIpc) is 3.03. The van der Waals surface area contributed by atoms with Crippen molar-refractivity contribution >= 4 is 11.7 Å². The van der Waals surface area contributed by atoms with E-state index in [9.17, 15) is 4.79 Å². The number of hydrogen-bond acceptors (Lipinski definition) is 4. The molecule has 0 atom stereocenters. The smallest absolute Gasteiger partial charge is 0.257 e. The molecule has 5 heteroatoms. The van der Waals surface area contributed by atoms with Gasteiger partial charge in [-0.3, -0.25) is 4.79 Å². The highest BCUT2D eigenvalue weighted by Gasteiger charge is 2.27. The third kappa shape index (κ3) is 2.08. The molecule has 0 spiro atoms. The molecule has 1 aliphatic carbocycles. The van der Waals surface area contributed by atoms with Gasteiger partial charge in [0.15, 0.2) is 11.6 Å². The monoisotopic (exact) mass is 221 g/mol. The maximum Gasteiger partial charge on any atom is 0.257 e. The van der Waals surface area contributed by atoms with Crippen molar-refractivity contribution in [2.45, 2.75) is 18.9 Å². The number of anilines is 1. The van der Waals surface area contributed by atoms with Gasteiger partial charge in [0, 0.05) is 20.3 Å². The van der Waals surface area contributed by atoms with E-state index in [1.807, 2.05) is 0 Å². The molecule has 16 heavy (non-hydrogen) atoms. The molecular formula is C11H15N3O2. The first kappa shape index (κ1) is 10.7. The Morgan fingerprint density at radius 1 is 1.56 bits per heavy atom. The lowest BCUT2D eigenvalue weighted by Crippen LogP contribution is -2.23. The van der Waals surface area contributed by atoms with Crippen LogP contribution in [0.5, 0.6) is 5.75 Å². The van der Waals surface area contributed by atoms with Crippen molar-refractivity contribution in [1.82, 2.24) is 9.88 Å². The molecule has 1 heterocycles. The van der Waals surface area contributed by atoms with Crippen LogP contribution >= 0.6 is 0 Å². The van der Waals surface area contributed by atoms with Crippen LogP contribution in [0.25, 0.3) is 0 Å². The van der Waals surface area contributed by atoms with Crippen LogP contribution in [0.3, 0.4) is 0 Å². The normalized spacial score (nSPS) is 14.6. The number of hydrogen-bond donors (Lipinski definition) is 1. The zero-order valence-electron chi connectivity index (χ0n) is 9.43. The number of rotatable bonds is 3. The Hall–Kier alpha value is -1.78. The summed E-state index contributed by atoms with van der Waals surface area (Å²) in [5.74, 6) is 0.577. The molecule has 86 valence electrons. The molecule has 1 amide bonds. The first-order chi connectivity index (χ1) is 7.59. The number of aromatic nitrogens is 1. The second-order valence-electron chi connectivity index (χ2n) is 4.09. The fraction of sp³-hybridized carbons (Fsp3) is 0.455. The molecule has 5 nitrogen and oxygen atoms in total. The first-order valence-corrected chi connectivity index (χ1v) is 5.22. The topological polar surface area (TPSA) is 68.5 Å². The van der Waals surface area contributed by atoms with E-state index in [2.05, 4.69) is 4.98 Å². The summed E-state index contributed by atoms with van der Waals surface area (Å²) in [5, 5.41) is 0. The molecule has 0 aromatic carbocycles. The Morgan fingerprint density at radius 2 is 2.25 bits per heavy atom. The Labute approximate surface area is 94.2 Å². The minimum absolute atomic E-state index is 0.121. The summed E-state index contributed by atoms with van der Waals surface area (Å²) < 4.78 is 5.62. The van der Waals surface area contributed by atoms with Crippen LogP contribution in [0.15, 0.2) is 12.3 Å². The SMILES string of the molecule is CN(C)C(=O)c1ccnc(N)c1OC1CC1. The lowest BCUT2D eigenvalue weighted by atomic mass is 10.2. The van der Waals surface area contributed by atoms with Crippen LogP contribution < -0.4 is 10.5 Å². The minimum Gasteiger partial charge on any atom is -0.486 e. The lowest BCUT2D eigenvalue weighted by Gasteiger charge is -2.15. The number of amides is 1. The zero-order chi connectivity index (χ0) is 11.7. The fourth-order valence-electron chi connectivity index (χ4n) is 1.35. The van der Waals surface area contributed by atoms with E-state index < -0.39 is 0 Å². The highest BCUT2D eigenvalue weighted by atomic mass is 16.5. The van der Waals surface area contributed by atoms with Gasteiger partial charge in [-0.05, 0) is 18.9 Å². The van der Waals surface area contributed by atoms with Gasteiger partial charge in [0.1, 0.15) is 0 Å². The molecular weight excluding hydrogens is 206 g/mol. The van der Waals surface area contributed by atoms with E-state index in [-0.39, 0.29) is 17.8 Å². The number of nitrogens with two attached hydrogens (primary N) is 1. The second kappa shape index (κ2) is 4.00. The van der Waals surface area contributed by atoms with E-state index in [0.29, 0.717) is 11.3 Å². The molecule has 2 rings (SSSR count). The largest absolute Gasteiger partial charge is 0.486 e. The van der Waals surface area contributed by atoms with Crippen molar-refractivity contribution in [2.24, 2.45) is 0 Å². The third-order valence-corrected chi connectivity index (χ3v) is 2.38. The first-order valence-electron chi connectivity index (χ1n) is 5.22. The summed E-state index contributed by atoms with van der Waals surface area (Å²) in [7, 11) is 3.39. The molecule has 1 aromatic rings. The van der Waals surface area contributed by atoms with Crippen molar-refractivity contribution in [3.8, 4) is 5.75 Å². The van der Waals surface area contributed by atoms with Gasteiger partial charge in [-0.1, -0.05) is 0 Å². The van der Waals surface area contributed by atoms with Gasteiger partial charge in [0.2, 0.25) is 0 Å². The van der Waals surface area contributed by atoms with Crippen LogP contribution in [0.1, 0.15) is 23.2 Å².